The highest BCUT2D eigenvalue weighted by atomic mass is 19.4. The Morgan fingerprint density at radius 3 is 2.12 bits per heavy atom. The Morgan fingerprint density at radius 2 is 1.50 bits per heavy atom. The molecule has 3 aromatic rings. The quantitative estimate of drug-likeness (QED) is 0.529. The van der Waals surface area contributed by atoms with Crippen molar-refractivity contribution < 1.29 is 17.9 Å². The van der Waals surface area contributed by atoms with Gasteiger partial charge < -0.3 is 20.3 Å². The number of benzene rings is 2. The highest BCUT2D eigenvalue weighted by molar-refractivity contribution is 5.60. The fourth-order valence-corrected chi connectivity index (χ4v) is 3.42. The maximum Gasteiger partial charge on any atom is 0.416 e. The molecule has 2 N–H and O–H groups in total. The lowest BCUT2D eigenvalue weighted by Gasteiger charge is -2.27. The van der Waals surface area contributed by atoms with Crippen molar-refractivity contribution in [1.82, 2.24) is 15.0 Å². The van der Waals surface area contributed by atoms with Gasteiger partial charge in [0.2, 0.25) is 17.8 Å². The van der Waals surface area contributed by atoms with Crippen molar-refractivity contribution >= 4 is 29.2 Å². The van der Waals surface area contributed by atoms with Crippen molar-refractivity contribution in [2.75, 3.05) is 35.7 Å². The molecule has 0 aliphatic carbocycles. The molecular formula is C22H23F3N6O. The molecule has 0 amide bonds. The molecule has 10 heteroatoms. The average Bonchev–Trinajstić information content (AvgIpc) is 2.80. The molecule has 0 atom stereocenters. The number of ether oxygens (including phenoxy) is 1. The van der Waals surface area contributed by atoms with E-state index in [1.165, 1.54) is 12.1 Å². The van der Waals surface area contributed by atoms with E-state index in [1.54, 1.807) is 19.2 Å². The van der Waals surface area contributed by atoms with E-state index >= 15 is 0 Å². The van der Waals surface area contributed by atoms with Crippen LogP contribution in [-0.4, -0.2) is 35.2 Å². The smallest absolute Gasteiger partial charge is 0.416 e. The predicted molar refractivity (Wildman–Crippen MR) is 117 cm³/mol. The van der Waals surface area contributed by atoms with Crippen molar-refractivity contribution in [3.63, 3.8) is 0 Å². The second-order valence-corrected chi connectivity index (χ2v) is 7.39. The van der Waals surface area contributed by atoms with Gasteiger partial charge in [-0.3, -0.25) is 0 Å². The van der Waals surface area contributed by atoms with Crippen LogP contribution in [0.1, 0.15) is 24.8 Å². The van der Waals surface area contributed by atoms with Crippen LogP contribution < -0.4 is 20.3 Å². The zero-order chi connectivity index (χ0) is 22.6. The molecule has 1 aromatic heterocycles. The first-order valence-corrected chi connectivity index (χ1v) is 10.3. The highest BCUT2D eigenvalue weighted by Gasteiger charge is 2.30. The van der Waals surface area contributed by atoms with Gasteiger partial charge in [0.15, 0.2) is 0 Å². The second kappa shape index (κ2) is 9.29. The first-order valence-electron chi connectivity index (χ1n) is 10.3. The van der Waals surface area contributed by atoms with E-state index < -0.39 is 11.7 Å². The van der Waals surface area contributed by atoms with Crippen LogP contribution >= 0.6 is 0 Å². The maximum absolute atomic E-state index is 13.1. The number of hydrogen-bond donors (Lipinski definition) is 2. The molecule has 32 heavy (non-hydrogen) atoms. The number of methoxy groups -OCH3 is 1. The molecule has 1 fully saturated rings. The van der Waals surface area contributed by atoms with Gasteiger partial charge in [-0.2, -0.15) is 28.1 Å². The molecule has 0 unspecified atom stereocenters. The normalized spacial score (nSPS) is 14.2. The molecule has 1 saturated heterocycles. The summed E-state index contributed by atoms with van der Waals surface area (Å²) in [5, 5.41) is 6.02. The number of hydrogen-bond acceptors (Lipinski definition) is 7. The Hall–Kier alpha value is -3.56. The third-order valence-corrected chi connectivity index (χ3v) is 5.05. The summed E-state index contributed by atoms with van der Waals surface area (Å²) in [6.07, 6.45) is -1.22. The minimum Gasteiger partial charge on any atom is -0.497 e. The molecular weight excluding hydrogens is 421 g/mol. The summed E-state index contributed by atoms with van der Waals surface area (Å²) in [6, 6.07) is 12.2. The molecule has 1 aliphatic heterocycles. The SMILES string of the molecule is COc1ccc(Nc2nc(Nc3cccc(C(F)(F)F)c3)nc(N3CCCCC3)n2)cc1. The zero-order valence-corrected chi connectivity index (χ0v) is 17.5. The monoisotopic (exact) mass is 444 g/mol. The van der Waals surface area contributed by atoms with Gasteiger partial charge in [-0.15, -0.1) is 0 Å². The Bertz CT molecular complexity index is 1050. The number of alkyl halides is 3. The van der Waals surface area contributed by atoms with Crippen LogP contribution in [0.3, 0.4) is 0 Å². The summed E-state index contributed by atoms with van der Waals surface area (Å²) in [5.41, 5.74) is 0.238. The van der Waals surface area contributed by atoms with Crippen molar-refractivity contribution in [3.8, 4) is 5.75 Å². The number of nitrogens with one attached hydrogen (secondary N) is 2. The van der Waals surface area contributed by atoms with Crippen LogP contribution in [0.5, 0.6) is 5.75 Å². The van der Waals surface area contributed by atoms with E-state index in [2.05, 4.69) is 30.5 Å². The number of nitrogens with zero attached hydrogens (tertiary/aromatic N) is 4. The minimum absolute atomic E-state index is 0.163. The molecule has 4 rings (SSSR count). The first-order chi connectivity index (χ1) is 15.4. The lowest BCUT2D eigenvalue weighted by Crippen LogP contribution is -2.31. The third kappa shape index (κ3) is 5.37. The van der Waals surface area contributed by atoms with Crippen LogP contribution in [-0.2, 0) is 6.18 Å². The van der Waals surface area contributed by atoms with Gasteiger partial charge in [0.25, 0.3) is 0 Å². The largest absolute Gasteiger partial charge is 0.497 e. The van der Waals surface area contributed by atoms with E-state index in [0.717, 1.165) is 50.2 Å². The predicted octanol–water partition coefficient (Wildman–Crippen LogP) is 5.38. The summed E-state index contributed by atoms with van der Waals surface area (Å²) >= 11 is 0. The Kier molecular flexibility index (Phi) is 6.29. The van der Waals surface area contributed by atoms with Gasteiger partial charge in [-0.1, -0.05) is 6.07 Å². The maximum atomic E-state index is 13.1. The number of aromatic nitrogens is 3. The fourth-order valence-electron chi connectivity index (χ4n) is 3.42. The van der Waals surface area contributed by atoms with E-state index in [0.29, 0.717) is 17.6 Å². The van der Waals surface area contributed by atoms with E-state index in [4.69, 9.17) is 4.74 Å². The highest BCUT2D eigenvalue weighted by Crippen LogP contribution is 2.31. The van der Waals surface area contributed by atoms with E-state index in [9.17, 15) is 13.2 Å². The lowest BCUT2D eigenvalue weighted by molar-refractivity contribution is -0.137. The molecule has 1 aliphatic rings. The lowest BCUT2D eigenvalue weighted by atomic mass is 10.1. The first kappa shape index (κ1) is 21.7. The third-order valence-electron chi connectivity index (χ3n) is 5.05. The second-order valence-electron chi connectivity index (χ2n) is 7.39. The van der Waals surface area contributed by atoms with Gasteiger partial charge in [0, 0.05) is 24.5 Å². The van der Waals surface area contributed by atoms with Crippen molar-refractivity contribution in [1.29, 1.82) is 0 Å². The standard InChI is InChI=1S/C22H23F3N6O/c1-32-18-10-8-16(9-11-18)26-19-28-20(30-21(29-19)31-12-3-2-4-13-31)27-17-7-5-6-15(14-17)22(23,24)25/h5-11,14H,2-4,12-13H2,1H3,(H2,26,27,28,29,30). The van der Waals surface area contributed by atoms with Gasteiger partial charge in [-0.25, -0.2) is 0 Å². The minimum atomic E-state index is -4.43. The number of anilines is 5. The van der Waals surface area contributed by atoms with Gasteiger partial charge >= 0.3 is 6.18 Å². The summed E-state index contributed by atoms with van der Waals surface area (Å²) in [4.78, 5) is 15.4. The molecule has 168 valence electrons. The van der Waals surface area contributed by atoms with Crippen LogP contribution in [0.2, 0.25) is 0 Å². The number of rotatable bonds is 6. The number of halogens is 3. The zero-order valence-electron chi connectivity index (χ0n) is 17.5. The fraction of sp³-hybridized carbons (Fsp3) is 0.318. The van der Waals surface area contributed by atoms with Crippen LogP contribution in [0.25, 0.3) is 0 Å². The van der Waals surface area contributed by atoms with Crippen molar-refractivity contribution in [2.45, 2.75) is 25.4 Å². The Labute approximate surface area is 183 Å². The van der Waals surface area contributed by atoms with Crippen LogP contribution in [0.4, 0.5) is 42.4 Å². The Morgan fingerprint density at radius 1 is 0.844 bits per heavy atom. The summed E-state index contributed by atoms with van der Waals surface area (Å²) in [6.45, 7) is 1.63. The summed E-state index contributed by atoms with van der Waals surface area (Å²) in [7, 11) is 1.59. The topological polar surface area (TPSA) is 75.2 Å². The summed E-state index contributed by atoms with van der Waals surface area (Å²) in [5.74, 6) is 1.65. The van der Waals surface area contributed by atoms with Crippen molar-refractivity contribution in [2.24, 2.45) is 0 Å². The van der Waals surface area contributed by atoms with Crippen LogP contribution in [0, 0.1) is 0 Å². The van der Waals surface area contributed by atoms with Crippen molar-refractivity contribution in [3.05, 3.63) is 54.1 Å². The molecule has 7 nitrogen and oxygen atoms in total. The summed E-state index contributed by atoms with van der Waals surface area (Å²) < 4.78 is 44.4. The number of piperidine rings is 1. The Balaban J connectivity index is 1.63. The van der Waals surface area contributed by atoms with Gasteiger partial charge in [0.05, 0.1) is 12.7 Å². The van der Waals surface area contributed by atoms with Gasteiger partial charge in [-0.05, 0) is 61.7 Å². The van der Waals surface area contributed by atoms with Gasteiger partial charge in [0.1, 0.15) is 5.75 Å². The van der Waals surface area contributed by atoms with Crippen LogP contribution in [0.15, 0.2) is 48.5 Å². The molecule has 0 saturated carbocycles. The molecule has 0 radical (unpaired) electrons. The average molecular weight is 444 g/mol. The van der Waals surface area contributed by atoms with E-state index in [1.807, 2.05) is 12.1 Å². The molecule has 0 bridgehead atoms. The van der Waals surface area contributed by atoms with E-state index in [-0.39, 0.29) is 11.6 Å². The molecule has 0 spiro atoms. The molecule has 2 aromatic carbocycles. The molecule has 2 heterocycles.